The summed E-state index contributed by atoms with van der Waals surface area (Å²) in [5, 5.41) is 11.8. The molecule has 0 fully saturated rings. The molecule has 0 aliphatic carbocycles. The maximum Gasteiger partial charge on any atom is 0.259 e. The van der Waals surface area contributed by atoms with Crippen LogP contribution < -0.4 is 10.6 Å². The second-order valence-corrected chi connectivity index (χ2v) is 4.86. The molecule has 2 aromatic rings. The minimum absolute atomic E-state index is 0.161. The second kappa shape index (κ2) is 6.84. The zero-order valence-electron chi connectivity index (χ0n) is 12.4. The molecule has 22 heavy (non-hydrogen) atoms. The van der Waals surface area contributed by atoms with E-state index in [2.05, 4.69) is 20.8 Å². The zero-order chi connectivity index (χ0) is 16.1. The minimum Gasteiger partial charge on any atom is -0.326 e. The number of H-pyrrole nitrogens is 1. The normalized spacial score (nSPS) is 10.3. The predicted octanol–water partition coefficient (Wildman–Crippen LogP) is 2.71. The molecule has 116 valence electrons. The van der Waals surface area contributed by atoms with Crippen LogP contribution in [0.4, 0.5) is 15.9 Å². The first-order valence-electron chi connectivity index (χ1n) is 6.92. The van der Waals surface area contributed by atoms with Gasteiger partial charge in [-0.2, -0.15) is 5.10 Å². The molecule has 6 nitrogen and oxygen atoms in total. The minimum atomic E-state index is -0.670. The van der Waals surface area contributed by atoms with Crippen LogP contribution in [0.1, 0.15) is 36.3 Å². The highest BCUT2D eigenvalue weighted by molar-refractivity contribution is 6.05. The van der Waals surface area contributed by atoms with E-state index in [1.54, 1.807) is 6.07 Å². The van der Waals surface area contributed by atoms with Gasteiger partial charge < -0.3 is 10.6 Å². The number of hydrogen-bond donors (Lipinski definition) is 3. The summed E-state index contributed by atoms with van der Waals surface area (Å²) in [6, 6.07) is 5.51. The Morgan fingerprint density at radius 1 is 1.27 bits per heavy atom. The molecule has 0 atom stereocenters. The van der Waals surface area contributed by atoms with Crippen molar-refractivity contribution >= 4 is 23.3 Å². The SMILES string of the molecule is CCCc1cc(NC(=O)c2cc(NC(C)=O)ccc2F)n[nH]1. The van der Waals surface area contributed by atoms with Gasteiger partial charge in [-0.1, -0.05) is 13.3 Å². The quantitative estimate of drug-likeness (QED) is 0.793. The number of carbonyl (C=O) groups excluding carboxylic acids is 2. The number of benzene rings is 1. The van der Waals surface area contributed by atoms with Gasteiger partial charge in [-0.15, -0.1) is 0 Å². The van der Waals surface area contributed by atoms with E-state index in [1.807, 2.05) is 6.92 Å². The maximum absolute atomic E-state index is 13.8. The molecule has 0 saturated heterocycles. The van der Waals surface area contributed by atoms with Crippen LogP contribution in [0.5, 0.6) is 0 Å². The topological polar surface area (TPSA) is 86.9 Å². The fourth-order valence-corrected chi connectivity index (χ4v) is 1.99. The lowest BCUT2D eigenvalue weighted by atomic mass is 10.1. The Morgan fingerprint density at radius 3 is 2.73 bits per heavy atom. The summed E-state index contributed by atoms with van der Waals surface area (Å²) in [5.41, 5.74) is 1.09. The van der Waals surface area contributed by atoms with E-state index in [-0.39, 0.29) is 11.5 Å². The molecule has 0 unspecified atom stereocenters. The van der Waals surface area contributed by atoms with Crippen molar-refractivity contribution in [2.24, 2.45) is 0 Å². The number of halogens is 1. The van der Waals surface area contributed by atoms with Crippen LogP contribution >= 0.6 is 0 Å². The molecule has 1 heterocycles. The van der Waals surface area contributed by atoms with E-state index in [0.717, 1.165) is 24.6 Å². The molecule has 0 aliphatic rings. The van der Waals surface area contributed by atoms with Gasteiger partial charge in [0.15, 0.2) is 5.82 Å². The van der Waals surface area contributed by atoms with Gasteiger partial charge in [0.2, 0.25) is 5.91 Å². The lowest BCUT2D eigenvalue weighted by Crippen LogP contribution is -2.15. The molecule has 2 amide bonds. The molecule has 0 bridgehead atoms. The third-order valence-electron chi connectivity index (χ3n) is 2.92. The third kappa shape index (κ3) is 3.91. The van der Waals surface area contributed by atoms with Crippen molar-refractivity contribution in [2.75, 3.05) is 10.6 Å². The van der Waals surface area contributed by atoms with Gasteiger partial charge in [0, 0.05) is 24.4 Å². The fourth-order valence-electron chi connectivity index (χ4n) is 1.99. The van der Waals surface area contributed by atoms with E-state index in [9.17, 15) is 14.0 Å². The molecule has 0 radical (unpaired) electrons. The molecule has 0 spiro atoms. The van der Waals surface area contributed by atoms with Gasteiger partial charge >= 0.3 is 0 Å². The summed E-state index contributed by atoms with van der Waals surface area (Å²) in [5.74, 6) is -1.26. The second-order valence-electron chi connectivity index (χ2n) is 4.86. The molecule has 1 aromatic heterocycles. The summed E-state index contributed by atoms with van der Waals surface area (Å²) >= 11 is 0. The highest BCUT2D eigenvalue weighted by atomic mass is 19.1. The van der Waals surface area contributed by atoms with E-state index >= 15 is 0 Å². The van der Waals surface area contributed by atoms with E-state index in [0.29, 0.717) is 11.5 Å². The molecule has 3 N–H and O–H groups in total. The predicted molar refractivity (Wildman–Crippen MR) is 81.2 cm³/mol. The summed E-state index contributed by atoms with van der Waals surface area (Å²) in [4.78, 5) is 23.1. The number of nitrogens with one attached hydrogen (secondary N) is 3. The number of aromatic amines is 1. The number of carbonyl (C=O) groups is 2. The average molecular weight is 304 g/mol. The van der Waals surface area contributed by atoms with Crippen LogP contribution in [-0.4, -0.2) is 22.0 Å². The Morgan fingerprint density at radius 2 is 2.05 bits per heavy atom. The Hall–Kier alpha value is -2.70. The number of rotatable bonds is 5. The standard InChI is InChI=1S/C15H17FN4O2/c1-3-4-11-8-14(20-19-11)18-15(22)12-7-10(17-9(2)21)5-6-13(12)16/h5-8H,3-4H2,1-2H3,(H,17,21)(H2,18,19,20,22). The fraction of sp³-hybridized carbons (Fsp3) is 0.267. The smallest absolute Gasteiger partial charge is 0.259 e. The van der Waals surface area contributed by atoms with Crippen LogP contribution in [0.15, 0.2) is 24.3 Å². The number of aryl methyl sites for hydroxylation is 1. The summed E-state index contributed by atoms with van der Waals surface area (Å²) < 4.78 is 13.8. The summed E-state index contributed by atoms with van der Waals surface area (Å²) in [7, 11) is 0. The molecule has 1 aromatic carbocycles. The number of amides is 2. The molecular weight excluding hydrogens is 287 g/mol. The Kier molecular flexibility index (Phi) is 4.88. The number of nitrogens with zero attached hydrogens (tertiary/aromatic N) is 1. The molecule has 2 rings (SSSR count). The zero-order valence-corrected chi connectivity index (χ0v) is 12.4. The lowest BCUT2D eigenvalue weighted by molar-refractivity contribution is -0.114. The van der Waals surface area contributed by atoms with Crippen molar-refractivity contribution in [1.29, 1.82) is 0 Å². The number of aromatic nitrogens is 2. The molecular formula is C15H17FN4O2. The third-order valence-corrected chi connectivity index (χ3v) is 2.92. The average Bonchev–Trinajstić information content (AvgIpc) is 2.88. The maximum atomic E-state index is 13.8. The first-order chi connectivity index (χ1) is 10.5. The van der Waals surface area contributed by atoms with E-state index < -0.39 is 11.7 Å². The highest BCUT2D eigenvalue weighted by Crippen LogP contribution is 2.17. The van der Waals surface area contributed by atoms with Gasteiger partial charge in [0.05, 0.1) is 5.56 Å². The van der Waals surface area contributed by atoms with Crippen LogP contribution in [0, 0.1) is 5.82 Å². The summed E-state index contributed by atoms with van der Waals surface area (Å²) in [6.07, 6.45) is 1.76. The van der Waals surface area contributed by atoms with Crippen molar-refractivity contribution in [3.05, 3.63) is 41.3 Å². The van der Waals surface area contributed by atoms with Gasteiger partial charge in [-0.25, -0.2) is 4.39 Å². The van der Waals surface area contributed by atoms with Crippen molar-refractivity contribution in [3.63, 3.8) is 0 Å². The first kappa shape index (κ1) is 15.7. The van der Waals surface area contributed by atoms with Gasteiger partial charge in [0.25, 0.3) is 5.91 Å². The Balaban J connectivity index is 2.15. The van der Waals surface area contributed by atoms with Crippen molar-refractivity contribution in [1.82, 2.24) is 10.2 Å². The van der Waals surface area contributed by atoms with Crippen molar-refractivity contribution in [2.45, 2.75) is 26.7 Å². The largest absolute Gasteiger partial charge is 0.326 e. The highest BCUT2D eigenvalue weighted by Gasteiger charge is 2.14. The lowest BCUT2D eigenvalue weighted by Gasteiger charge is -2.07. The monoisotopic (exact) mass is 304 g/mol. The van der Waals surface area contributed by atoms with Crippen LogP contribution in [0.3, 0.4) is 0 Å². The summed E-state index contributed by atoms with van der Waals surface area (Å²) in [6.45, 7) is 3.37. The van der Waals surface area contributed by atoms with Crippen molar-refractivity contribution in [3.8, 4) is 0 Å². The van der Waals surface area contributed by atoms with E-state index in [4.69, 9.17) is 0 Å². The van der Waals surface area contributed by atoms with Gasteiger partial charge in [-0.05, 0) is 24.6 Å². The molecule has 0 saturated carbocycles. The molecule has 0 aliphatic heterocycles. The Labute approximate surface area is 127 Å². The number of anilines is 2. The van der Waals surface area contributed by atoms with E-state index in [1.165, 1.54) is 19.1 Å². The number of hydrogen-bond acceptors (Lipinski definition) is 3. The van der Waals surface area contributed by atoms with Crippen LogP contribution in [0.25, 0.3) is 0 Å². The van der Waals surface area contributed by atoms with Crippen LogP contribution in [0.2, 0.25) is 0 Å². The van der Waals surface area contributed by atoms with Gasteiger partial charge in [-0.3, -0.25) is 14.7 Å². The first-order valence-corrected chi connectivity index (χ1v) is 6.92. The van der Waals surface area contributed by atoms with Crippen molar-refractivity contribution < 1.29 is 14.0 Å². The molecule has 7 heteroatoms. The van der Waals surface area contributed by atoms with Gasteiger partial charge in [0.1, 0.15) is 5.82 Å². The van der Waals surface area contributed by atoms with Crippen LogP contribution in [-0.2, 0) is 11.2 Å². The Bertz CT molecular complexity index is 697.